The van der Waals surface area contributed by atoms with Gasteiger partial charge in [-0.15, -0.1) is 0 Å². The zero-order valence-electron chi connectivity index (χ0n) is 10.5. The van der Waals surface area contributed by atoms with Gasteiger partial charge in [-0.3, -0.25) is 0 Å². The fraction of sp³-hybridized carbons (Fsp3) is 1.00. The van der Waals surface area contributed by atoms with Crippen molar-refractivity contribution in [2.75, 3.05) is 33.9 Å². The third-order valence-corrected chi connectivity index (χ3v) is 3.68. The Morgan fingerprint density at radius 2 is 2.27 bits per heavy atom. The molecule has 15 heavy (non-hydrogen) atoms. The van der Waals surface area contributed by atoms with Gasteiger partial charge in [0.05, 0.1) is 0 Å². The Kier molecular flexibility index (Phi) is 5.03. The third-order valence-electron chi connectivity index (χ3n) is 3.68. The summed E-state index contributed by atoms with van der Waals surface area (Å²) in [6.45, 7) is 5.42. The van der Waals surface area contributed by atoms with Gasteiger partial charge >= 0.3 is 0 Å². The van der Waals surface area contributed by atoms with E-state index >= 15 is 0 Å². The highest BCUT2D eigenvalue weighted by atomic mass is 16.5. The normalized spacial score (nSPS) is 31.4. The van der Waals surface area contributed by atoms with Crippen molar-refractivity contribution in [2.45, 2.75) is 38.6 Å². The van der Waals surface area contributed by atoms with Gasteiger partial charge in [0, 0.05) is 32.8 Å². The lowest BCUT2D eigenvalue weighted by Gasteiger charge is -2.33. The topological polar surface area (TPSA) is 38.5 Å². The minimum absolute atomic E-state index is 0.335. The molecule has 1 fully saturated rings. The molecule has 2 atom stereocenters. The molecule has 0 aromatic rings. The van der Waals surface area contributed by atoms with Crippen molar-refractivity contribution in [1.82, 2.24) is 4.90 Å². The van der Waals surface area contributed by atoms with Gasteiger partial charge in [-0.2, -0.15) is 0 Å². The van der Waals surface area contributed by atoms with Gasteiger partial charge in [0.15, 0.2) is 0 Å². The number of nitrogens with two attached hydrogens (primary N) is 1. The fourth-order valence-electron chi connectivity index (χ4n) is 2.63. The van der Waals surface area contributed by atoms with Crippen LogP contribution in [0.5, 0.6) is 0 Å². The lowest BCUT2D eigenvalue weighted by Crippen LogP contribution is -2.43. The molecule has 0 amide bonds. The van der Waals surface area contributed by atoms with Crippen LogP contribution in [0.25, 0.3) is 0 Å². The molecule has 0 radical (unpaired) electrons. The molecular weight excluding hydrogens is 188 g/mol. The van der Waals surface area contributed by atoms with E-state index in [1.165, 1.54) is 19.3 Å². The first-order valence-electron chi connectivity index (χ1n) is 6.01. The van der Waals surface area contributed by atoms with Crippen LogP contribution in [-0.4, -0.2) is 44.8 Å². The summed E-state index contributed by atoms with van der Waals surface area (Å²) in [4.78, 5) is 2.39. The quantitative estimate of drug-likeness (QED) is 0.681. The van der Waals surface area contributed by atoms with Crippen molar-refractivity contribution in [1.29, 1.82) is 0 Å². The molecule has 0 saturated heterocycles. The highest BCUT2D eigenvalue weighted by Crippen LogP contribution is 2.37. The van der Waals surface area contributed by atoms with E-state index in [9.17, 15) is 0 Å². The first kappa shape index (κ1) is 12.9. The molecule has 1 aliphatic rings. The van der Waals surface area contributed by atoms with Crippen LogP contribution >= 0.6 is 0 Å². The Balaban J connectivity index is 2.27. The number of rotatable bonds is 6. The zero-order chi connectivity index (χ0) is 11.3. The molecule has 90 valence electrons. The largest absolute Gasteiger partial charge is 0.385 e. The van der Waals surface area contributed by atoms with E-state index in [0.29, 0.717) is 11.5 Å². The minimum Gasteiger partial charge on any atom is -0.385 e. The summed E-state index contributed by atoms with van der Waals surface area (Å²) in [7, 11) is 3.94. The van der Waals surface area contributed by atoms with Gasteiger partial charge in [0.25, 0.3) is 0 Å². The molecule has 0 spiro atoms. The number of hydrogen-bond donors (Lipinski definition) is 1. The van der Waals surface area contributed by atoms with Crippen molar-refractivity contribution in [2.24, 2.45) is 11.1 Å². The standard InChI is InChI=1S/C12H26N2O/c1-12(7-4-6-11(12)13)10-14(2)8-5-9-15-3/h11H,4-10,13H2,1-3H3. The first-order chi connectivity index (χ1) is 7.08. The Morgan fingerprint density at radius 1 is 1.53 bits per heavy atom. The maximum atomic E-state index is 6.17. The van der Waals surface area contributed by atoms with Crippen molar-refractivity contribution in [3.63, 3.8) is 0 Å². The molecule has 2 N–H and O–H groups in total. The average Bonchev–Trinajstić information content (AvgIpc) is 2.47. The van der Waals surface area contributed by atoms with Crippen molar-refractivity contribution in [3.05, 3.63) is 0 Å². The summed E-state index contributed by atoms with van der Waals surface area (Å²) in [5.74, 6) is 0. The summed E-state index contributed by atoms with van der Waals surface area (Å²) in [6.07, 6.45) is 4.88. The van der Waals surface area contributed by atoms with E-state index in [2.05, 4.69) is 18.9 Å². The van der Waals surface area contributed by atoms with E-state index < -0.39 is 0 Å². The van der Waals surface area contributed by atoms with Crippen molar-refractivity contribution in [3.8, 4) is 0 Å². The minimum atomic E-state index is 0.335. The van der Waals surface area contributed by atoms with Gasteiger partial charge in [-0.25, -0.2) is 0 Å². The molecule has 2 unspecified atom stereocenters. The Hall–Kier alpha value is -0.120. The molecule has 0 bridgehead atoms. The van der Waals surface area contributed by atoms with E-state index in [0.717, 1.165) is 26.1 Å². The molecule has 0 heterocycles. The number of methoxy groups -OCH3 is 1. The predicted molar refractivity (Wildman–Crippen MR) is 63.9 cm³/mol. The van der Waals surface area contributed by atoms with Gasteiger partial charge in [-0.05, 0) is 31.7 Å². The Labute approximate surface area is 94.0 Å². The second-order valence-electron chi connectivity index (χ2n) is 5.24. The van der Waals surface area contributed by atoms with E-state index in [1.54, 1.807) is 7.11 Å². The molecule has 3 nitrogen and oxygen atoms in total. The number of hydrogen-bond acceptors (Lipinski definition) is 3. The van der Waals surface area contributed by atoms with Crippen LogP contribution in [0.1, 0.15) is 32.6 Å². The van der Waals surface area contributed by atoms with E-state index in [1.807, 2.05) is 0 Å². The van der Waals surface area contributed by atoms with Crippen LogP contribution in [0.4, 0.5) is 0 Å². The molecule has 1 rings (SSSR count). The second-order valence-corrected chi connectivity index (χ2v) is 5.24. The van der Waals surface area contributed by atoms with Crippen LogP contribution in [-0.2, 0) is 4.74 Å². The molecule has 0 aliphatic heterocycles. The molecule has 0 aromatic carbocycles. The first-order valence-corrected chi connectivity index (χ1v) is 6.01. The smallest absolute Gasteiger partial charge is 0.0474 e. The monoisotopic (exact) mass is 214 g/mol. The Bertz CT molecular complexity index is 186. The van der Waals surface area contributed by atoms with Gasteiger partial charge in [0.2, 0.25) is 0 Å². The van der Waals surface area contributed by atoms with E-state index in [-0.39, 0.29) is 0 Å². The van der Waals surface area contributed by atoms with Crippen LogP contribution in [0.15, 0.2) is 0 Å². The zero-order valence-corrected chi connectivity index (χ0v) is 10.5. The lowest BCUT2D eigenvalue weighted by molar-refractivity contribution is 0.148. The van der Waals surface area contributed by atoms with Gasteiger partial charge in [0.1, 0.15) is 0 Å². The maximum absolute atomic E-state index is 6.17. The lowest BCUT2D eigenvalue weighted by atomic mass is 9.84. The molecule has 1 aliphatic carbocycles. The highest BCUT2D eigenvalue weighted by Gasteiger charge is 2.36. The third kappa shape index (κ3) is 3.74. The SMILES string of the molecule is COCCCN(C)CC1(C)CCCC1N. The van der Waals surface area contributed by atoms with Crippen LogP contribution < -0.4 is 5.73 Å². The molecular formula is C12H26N2O. The highest BCUT2D eigenvalue weighted by molar-refractivity contribution is 4.93. The van der Waals surface area contributed by atoms with Gasteiger partial charge < -0.3 is 15.4 Å². The number of nitrogens with zero attached hydrogens (tertiary/aromatic N) is 1. The maximum Gasteiger partial charge on any atom is 0.0474 e. The summed E-state index contributed by atoms with van der Waals surface area (Å²) in [5, 5.41) is 0. The van der Waals surface area contributed by atoms with Gasteiger partial charge in [-0.1, -0.05) is 13.3 Å². The molecule has 3 heteroatoms. The number of ether oxygens (including phenoxy) is 1. The Morgan fingerprint density at radius 3 is 2.80 bits per heavy atom. The molecule has 1 saturated carbocycles. The van der Waals surface area contributed by atoms with Crippen LogP contribution in [0, 0.1) is 5.41 Å². The molecule has 0 aromatic heterocycles. The summed E-state index contributed by atoms with van der Waals surface area (Å²) >= 11 is 0. The second kappa shape index (κ2) is 5.83. The van der Waals surface area contributed by atoms with Crippen molar-refractivity contribution < 1.29 is 4.74 Å². The summed E-state index contributed by atoms with van der Waals surface area (Å²) in [5.41, 5.74) is 6.50. The van der Waals surface area contributed by atoms with E-state index in [4.69, 9.17) is 10.5 Å². The average molecular weight is 214 g/mol. The van der Waals surface area contributed by atoms with Crippen molar-refractivity contribution >= 4 is 0 Å². The fourth-order valence-corrected chi connectivity index (χ4v) is 2.63. The van der Waals surface area contributed by atoms with Crippen LogP contribution in [0.3, 0.4) is 0 Å². The predicted octanol–water partition coefficient (Wildman–Crippen LogP) is 1.47. The summed E-state index contributed by atoms with van der Waals surface area (Å²) < 4.78 is 5.06. The van der Waals surface area contributed by atoms with Crippen LogP contribution in [0.2, 0.25) is 0 Å². The summed E-state index contributed by atoms with van der Waals surface area (Å²) in [6, 6.07) is 0.391.